The summed E-state index contributed by atoms with van der Waals surface area (Å²) in [7, 11) is -1.93. The standard InChI is InChI=1S/C15H19FN4O3S/c1-20-11-12(10-18-20)6-8-17-15(21)7-9-19-24(22,23)14-4-2-13(16)3-5-14/h2-5,10-11,19H,6-9H2,1H3,(H,17,21). The van der Waals surface area contributed by atoms with Crippen molar-refractivity contribution in [3.8, 4) is 0 Å². The van der Waals surface area contributed by atoms with Gasteiger partial charge in [-0.2, -0.15) is 5.10 Å². The van der Waals surface area contributed by atoms with Gasteiger partial charge < -0.3 is 5.32 Å². The van der Waals surface area contributed by atoms with E-state index in [0.29, 0.717) is 13.0 Å². The van der Waals surface area contributed by atoms with Gasteiger partial charge in [-0.25, -0.2) is 17.5 Å². The highest BCUT2D eigenvalue weighted by Gasteiger charge is 2.14. The van der Waals surface area contributed by atoms with E-state index in [1.165, 1.54) is 12.1 Å². The summed E-state index contributed by atoms with van der Waals surface area (Å²) in [4.78, 5) is 11.6. The van der Waals surface area contributed by atoms with Gasteiger partial charge in [-0.1, -0.05) is 0 Å². The van der Waals surface area contributed by atoms with Crippen molar-refractivity contribution in [2.75, 3.05) is 13.1 Å². The van der Waals surface area contributed by atoms with E-state index in [4.69, 9.17) is 0 Å². The highest BCUT2D eigenvalue weighted by atomic mass is 32.2. The predicted octanol–water partition coefficient (Wildman–Crippen LogP) is 0.586. The average Bonchev–Trinajstić information content (AvgIpc) is 2.93. The van der Waals surface area contributed by atoms with E-state index in [1.54, 1.807) is 10.9 Å². The second-order valence-electron chi connectivity index (χ2n) is 5.22. The Bertz CT molecular complexity index is 787. The Morgan fingerprint density at radius 1 is 1.25 bits per heavy atom. The Kier molecular flexibility index (Phi) is 6.04. The molecule has 0 unspecified atom stereocenters. The van der Waals surface area contributed by atoms with Crippen LogP contribution in [0.3, 0.4) is 0 Å². The lowest BCUT2D eigenvalue weighted by molar-refractivity contribution is -0.120. The van der Waals surface area contributed by atoms with Gasteiger partial charge in [0.05, 0.1) is 11.1 Å². The van der Waals surface area contributed by atoms with Crippen LogP contribution in [0, 0.1) is 5.82 Å². The Balaban J connectivity index is 1.70. The minimum Gasteiger partial charge on any atom is -0.356 e. The minimum atomic E-state index is -3.74. The molecule has 0 aliphatic heterocycles. The van der Waals surface area contributed by atoms with Gasteiger partial charge in [-0.3, -0.25) is 9.48 Å². The molecule has 2 rings (SSSR count). The normalized spacial score (nSPS) is 11.4. The van der Waals surface area contributed by atoms with Crippen molar-refractivity contribution in [2.24, 2.45) is 7.05 Å². The Morgan fingerprint density at radius 2 is 1.96 bits per heavy atom. The van der Waals surface area contributed by atoms with Crippen LogP contribution in [0.25, 0.3) is 0 Å². The number of carbonyl (C=O) groups is 1. The molecule has 0 aliphatic rings. The molecule has 130 valence electrons. The zero-order valence-corrected chi connectivity index (χ0v) is 14.0. The maximum atomic E-state index is 12.8. The lowest BCUT2D eigenvalue weighted by Crippen LogP contribution is -2.31. The molecule has 2 aromatic rings. The van der Waals surface area contributed by atoms with Crippen LogP contribution in [0.1, 0.15) is 12.0 Å². The minimum absolute atomic E-state index is 0.0213. The number of aryl methyl sites for hydroxylation is 1. The van der Waals surface area contributed by atoms with Gasteiger partial charge in [-0.15, -0.1) is 0 Å². The van der Waals surface area contributed by atoms with E-state index >= 15 is 0 Å². The van der Waals surface area contributed by atoms with Crippen LogP contribution in [0.15, 0.2) is 41.6 Å². The number of carbonyl (C=O) groups excluding carboxylic acids is 1. The summed E-state index contributed by atoms with van der Waals surface area (Å²) in [6.07, 6.45) is 4.26. The molecular weight excluding hydrogens is 335 g/mol. The van der Waals surface area contributed by atoms with Crippen molar-refractivity contribution in [1.82, 2.24) is 19.8 Å². The smallest absolute Gasteiger partial charge is 0.240 e. The molecule has 0 saturated heterocycles. The van der Waals surface area contributed by atoms with Gasteiger partial charge in [0.1, 0.15) is 5.82 Å². The fourth-order valence-electron chi connectivity index (χ4n) is 2.03. The molecule has 0 fully saturated rings. The zero-order chi connectivity index (χ0) is 17.6. The molecule has 0 radical (unpaired) electrons. The first kappa shape index (κ1) is 18.1. The number of rotatable bonds is 8. The largest absolute Gasteiger partial charge is 0.356 e. The van der Waals surface area contributed by atoms with Crippen molar-refractivity contribution in [3.63, 3.8) is 0 Å². The summed E-state index contributed by atoms with van der Waals surface area (Å²) >= 11 is 0. The van der Waals surface area contributed by atoms with Crippen LogP contribution in [0.4, 0.5) is 4.39 Å². The number of hydrogen-bond acceptors (Lipinski definition) is 4. The van der Waals surface area contributed by atoms with Crippen LogP contribution in [-0.4, -0.2) is 37.2 Å². The Morgan fingerprint density at radius 3 is 2.58 bits per heavy atom. The summed E-state index contributed by atoms with van der Waals surface area (Å²) in [5, 5.41) is 6.74. The lowest BCUT2D eigenvalue weighted by Gasteiger charge is -2.07. The van der Waals surface area contributed by atoms with Gasteiger partial charge in [-0.05, 0) is 36.2 Å². The number of nitrogens with zero attached hydrogens (tertiary/aromatic N) is 2. The van der Waals surface area contributed by atoms with Crippen molar-refractivity contribution < 1.29 is 17.6 Å². The molecule has 24 heavy (non-hydrogen) atoms. The van der Waals surface area contributed by atoms with Gasteiger partial charge in [0.2, 0.25) is 15.9 Å². The van der Waals surface area contributed by atoms with Gasteiger partial charge in [0.15, 0.2) is 0 Å². The maximum absolute atomic E-state index is 12.8. The molecule has 2 N–H and O–H groups in total. The summed E-state index contributed by atoms with van der Waals surface area (Å²) in [5.41, 5.74) is 1.01. The topological polar surface area (TPSA) is 93.1 Å². The van der Waals surface area contributed by atoms with Crippen LogP contribution >= 0.6 is 0 Å². The predicted molar refractivity (Wildman–Crippen MR) is 86.1 cm³/mol. The van der Waals surface area contributed by atoms with Crippen LogP contribution in [0.2, 0.25) is 0 Å². The van der Waals surface area contributed by atoms with Gasteiger partial charge in [0.25, 0.3) is 0 Å². The molecule has 7 nitrogen and oxygen atoms in total. The third-order valence-corrected chi connectivity index (χ3v) is 4.74. The highest BCUT2D eigenvalue weighted by molar-refractivity contribution is 7.89. The third kappa shape index (κ3) is 5.43. The number of benzene rings is 1. The van der Waals surface area contributed by atoms with Crippen molar-refractivity contribution in [2.45, 2.75) is 17.7 Å². The zero-order valence-electron chi connectivity index (χ0n) is 13.2. The first-order valence-corrected chi connectivity index (χ1v) is 8.84. The maximum Gasteiger partial charge on any atom is 0.240 e. The second kappa shape index (κ2) is 8.02. The molecule has 0 aliphatic carbocycles. The van der Waals surface area contributed by atoms with Gasteiger partial charge >= 0.3 is 0 Å². The molecule has 0 atom stereocenters. The van der Waals surface area contributed by atoms with Gasteiger partial charge in [0, 0.05) is 32.8 Å². The first-order valence-electron chi connectivity index (χ1n) is 7.36. The third-order valence-electron chi connectivity index (χ3n) is 3.26. The molecule has 1 heterocycles. The number of hydrogen-bond donors (Lipinski definition) is 2. The van der Waals surface area contributed by atoms with Crippen LogP contribution in [-0.2, 0) is 28.3 Å². The van der Waals surface area contributed by atoms with E-state index in [0.717, 1.165) is 17.7 Å². The summed E-state index contributed by atoms with van der Waals surface area (Å²) in [6.45, 7) is 0.424. The molecule has 1 aromatic carbocycles. The number of nitrogens with one attached hydrogen (secondary N) is 2. The summed E-state index contributed by atoms with van der Waals surface area (Å²) in [5.74, 6) is -0.761. The second-order valence-corrected chi connectivity index (χ2v) is 6.99. The Labute approximate surface area is 139 Å². The van der Waals surface area contributed by atoms with Crippen molar-refractivity contribution in [1.29, 1.82) is 0 Å². The molecular formula is C15H19FN4O3S. The fraction of sp³-hybridized carbons (Fsp3) is 0.333. The number of aromatic nitrogens is 2. The van der Waals surface area contributed by atoms with E-state index in [1.807, 2.05) is 13.2 Å². The molecule has 0 bridgehead atoms. The molecule has 1 aromatic heterocycles. The summed E-state index contributed by atoms with van der Waals surface area (Å²) < 4.78 is 40.7. The van der Waals surface area contributed by atoms with E-state index < -0.39 is 15.8 Å². The SMILES string of the molecule is Cn1cc(CCNC(=O)CCNS(=O)(=O)c2ccc(F)cc2)cn1. The van der Waals surface area contributed by atoms with Crippen LogP contribution in [0.5, 0.6) is 0 Å². The van der Waals surface area contributed by atoms with Crippen molar-refractivity contribution in [3.05, 3.63) is 48.0 Å². The van der Waals surface area contributed by atoms with E-state index in [2.05, 4.69) is 15.1 Å². The molecule has 1 amide bonds. The van der Waals surface area contributed by atoms with E-state index in [9.17, 15) is 17.6 Å². The number of sulfonamides is 1. The van der Waals surface area contributed by atoms with Crippen LogP contribution < -0.4 is 10.0 Å². The number of amides is 1. The van der Waals surface area contributed by atoms with E-state index in [-0.39, 0.29) is 23.8 Å². The number of halogens is 1. The molecule has 0 spiro atoms. The molecule has 9 heteroatoms. The lowest BCUT2D eigenvalue weighted by atomic mass is 10.2. The highest BCUT2D eigenvalue weighted by Crippen LogP contribution is 2.09. The summed E-state index contributed by atoms with van der Waals surface area (Å²) in [6, 6.07) is 4.48. The quantitative estimate of drug-likeness (QED) is 0.725. The first-order chi connectivity index (χ1) is 11.4. The Hall–Kier alpha value is -2.26. The molecule has 0 saturated carbocycles. The monoisotopic (exact) mass is 354 g/mol. The van der Waals surface area contributed by atoms with Crippen molar-refractivity contribution >= 4 is 15.9 Å². The fourth-order valence-corrected chi connectivity index (χ4v) is 3.06. The average molecular weight is 354 g/mol.